The predicted octanol–water partition coefficient (Wildman–Crippen LogP) is 1.51. The Bertz CT molecular complexity index is 76.6. The van der Waals surface area contributed by atoms with E-state index in [0.717, 1.165) is 19.4 Å². The van der Waals surface area contributed by atoms with Crippen molar-refractivity contribution in [2.45, 2.75) is 19.8 Å². The van der Waals surface area contributed by atoms with Gasteiger partial charge in [-0.25, -0.2) is 0 Å². The molecule has 0 amide bonds. The van der Waals surface area contributed by atoms with E-state index >= 15 is 0 Å². The van der Waals surface area contributed by atoms with Gasteiger partial charge in [0.1, 0.15) is 0 Å². The van der Waals surface area contributed by atoms with Crippen LogP contribution in [0.25, 0.3) is 0 Å². The normalized spacial score (nSPS) is 10.1. The largest absolute Gasteiger partial charge is 0.313 e. The van der Waals surface area contributed by atoms with E-state index in [4.69, 9.17) is 5.41 Å². The third-order valence-corrected chi connectivity index (χ3v) is 0.714. The van der Waals surface area contributed by atoms with Crippen LogP contribution >= 0.6 is 0 Å². The first kappa shape index (κ1) is 7.34. The molecule has 0 atom stereocenters. The van der Waals surface area contributed by atoms with E-state index in [1.807, 2.05) is 13.1 Å². The number of hydrogen-bond donors (Lipinski definition) is 1. The van der Waals surface area contributed by atoms with E-state index in [-0.39, 0.29) is 0 Å². The van der Waals surface area contributed by atoms with Crippen molar-refractivity contribution in [3.63, 3.8) is 0 Å². The Balaban J connectivity index is 2.90. The highest BCUT2D eigenvalue weighted by Gasteiger charge is 1.72. The van der Waals surface area contributed by atoms with Crippen LogP contribution in [0.5, 0.6) is 0 Å². The van der Waals surface area contributed by atoms with Crippen LogP contribution < -0.4 is 0 Å². The third-order valence-electron chi connectivity index (χ3n) is 0.714. The number of rotatable bonds is 4. The molecule has 46 valence electrons. The molecule has 0 aliphatic carbocycles. The summed E-state index contributed by atoms with van der Waals surface area (Å²) in [5.41, 5.74) is 0. The monoisotopic (exact) mass is 112 g/mol. The summed E-state index contributed by atoms with van der Waals surface area (Å²) >= 11 is 0. The summed E-state index contributed by atoms with van der Waals surface area (Å²) in [7, 11) is 0. The average Bonchev–Trinajstić information content (AvgIpc) is 1.81. The van der Waals surface area contributed by atoms with E-state index in [1.165, 1.54) is 6.21 Å². The van der Waals surface area contributed by atoms with Gasteiger partial charge in [-0.2, -0.15) is 0 Å². The minimum atomic E-state index is 0.774. The van der Waals surface area contributed by atoms with Crippen LogP contribution in [0.15, 0.2) is 4.99 Å². The molecule has 2 heteroatoms. The molecule has 0 fully saturated rings. The van der Waals surface area contributed by atoms with Gasteiger partial charge in [0.25, 0.3) is 0 Å². The molecule has 0 unspecified atom stereocenters. The zero-order valence-electron chi connectivity index (χ0n) is 5.22. The first-order valence-corrected chi connectivity index (χ1v) is 2.89. The Morgan fingerprint density at radius 2 is 2.38 bits per heavy atom. The quantitative estimate of drug-likeness (QED) is 0.422. The zero-order valence-corrected chi connectivity index (χ0v) is 5.22. The van der Waals surface area contributed by atoms with Crippen LogP contribution in [0, 0.1) is 5.41 Å². The third kappa shape index (κ3) is 5.34. The molecule has 0 aromatic heterocycles. The number of nitrogens with zero attached hydrogens (tertiary/aromatic N) is 1. The predicted molar refractivity (Wildman–Crippen MR) is 37.1 cm³/mol. The van der Waals surface area contributed by atoms with Crippen LogP contribution in [-0.2, 0) is 0 Å². The van der Waals surface area contributed by atoms with Crippen LogP contribution in [0.4, 0.5) is 0 Å². The first-order valence-electron chi connectivity index (χ1n) is 2.89. The summed E-state index contributed by atoms with van der Waals surface area (Å²) in [5.74, 6) is 0. The first-order chi connectivity index (χ1) is 3.91. The second-order valence-electron chi connectivity index (χ2n) is 1.49. The SMILES string of the molecule is CCC=NCCC=N. The zero-order chi connectivity index (χ0) is 6.24. The fraction of sp³-hybridized carbons (Fsp3) is 0.667. The van der Waals surface area contributed by atoms with Gasteiger partial charge in [0.05, 0.1) is 0 Å². The molecule has 0 saturated carbocycles. The molecule has 0 aromatic rings. The standard InChI is InChI=1S/C6H12N2/c1-2-5-8-6-3-4-7/h4-5,7H,2-3,6H2,1H3. The number of aliphatic imine (C=N–C) groups is 1. The summed E-state index contributed by atoms with van der Waals surface area (Å²) in [5, 5.41) is 6.64. The smallest absolute Gasteiger partial charge is 0.0434 e. The van der Waals surface area contributed by atoms with Crippen molar-refractivity contribution < 1.29 is 0 Å². The van der Waals surface area contributed by atoms with Gasteiger partial charge < -0.3 is 5.41 Å². The molecule has 0 rings (SSSR count). The van der Waals surface area contributed by atoms with E-state index in [1.54, 1.807) is 0 Å². The maximum Gasteiger partial charge on any atom is 0.0434 e. The van der Waals surface area contributed by atoms with Crippen molar-refractivity contribution in [3.05, 3.63) is 0 Å². The fourth-order valence-corrected chi connectivity index (χ4v) is 0.359. The van der Waals surface area contributed by atoms with E-state index < -0.39 is 0 Å². The van der Waals surface area contributed by atoms with E-state index in [2.05, 4.69) is 4.99 Å². The van der Waals surface area contributed by atoms with Gasteiger partial charge in [0, 0.05) is 13.0 Å². The maximum atomic E-state index is 6.64. The van der Waals surface area contributed by atoms with Gasteiger partial charge >= 0.3 is 0 Å². The van der Waals surface area contributed by atoms with Crippen molar-refractivity contribution in [1.29, 1.82) is 5.41 Å². The number of nitrogens with one attached hydrogen (secondary N) is 1. The summed E-state index contributed by atoms with van der Waals surface area (Å²) < 4.78 is 0. The average molecular weight is 112 g/mol. The van der Waals surface area contributed by atoms with Crippen LogP contribution in [-0.4, -0.2) is 19.0 Å². The second-order valence-corrected chi connectivity index (χ2v) is 1.49. The van der Waals surface area contributed by atoms with Gasteiger partial charge in [-0.15, -0.1) is 0 Å². The Hall–Kier alpha value is -0.660. The van der Waals surface area contributed by atoms with Crippen molar-refractivity contribution in [3.8, 4) is 0 Å². The molecule has 0 saturated heterocycles. The van der Waals surface area contributed by atoms with Gasteiger partial charge in [-0.05, 0) is 18.9 Å². The van der Waals surface area contributed by atoms with Crippen molar-refractivity contribution in [1.82, 2.24) is 0 Å². The molecular weight excluding hydrogens is 100 g/mol. The Morgan fingerprint density at radius 3 is 2.88 bits per heavy atom. The highest BCUT2D eigenvalue weighted by Crippen LogP contribution is 1.74. The van der Waals surface area contributed by atoms with Gasteiger partial charge in [-0.1, -0.05) is 6.92 Å². The second kappa shape index (κ2) is 6.34. The van der Waals surface area contributed by atoms with Gasteiger partial charge in [-0.3, -0.25) is 4.99 Å². The molecule has 0 aliphatic rings. The van der Waals surface area contributed by atoms with Crippen LogP contribution in [0.2, 0.25) is 0 Å². The molecule has 0 radical (unpaired) electrons. The summed E-state index contributed by atoms with van der Waals surface area (Å²) in [6.45, 7) is 2.82. The Morgan fingerprint density at radius 1 is 1.62 bits per heavy atom. The molecule has 1 N–H and O–H groups in total. The van der Waals surface area contributed by atoms with Crippen molar-refractivity contribution in [2.75, 3.05) is 6.54 Å². The van der Waals surface area contributed by atoms with Gasteiger partial charge in [0.2, 0.25) is 0 Å². The topological polar surface area (TPSA) is 36.2 Å². The minimum Gasteiger partial charge on any atom is -0.313 e. The molecule has 0 aliphatic heterocycles. The lowest BCUT2D eigenvalue weighted by atomic mass is 10.4. The lowest BCUT2D eigenvalue weighted by molar-refractivity contribution is 1.05. The summed E-state index contributed by atoms with van der Waals surface area (Å²) in [6.07, 6.45) is 5.03. The van der Waals surface area contributed by atoms with Crippen molar-refractivity contribution in [2.24, 2.45) is 4.99 Å². The molecule has 8 heavy (non-hydrogen) atoms. The van der Waals surface area contributed by atoms with Crippen molar-refractivity contribution >= 4 is 12.4 Å². The highest BCUT2D eigenvalue weighted by atomic mass is 14.7. The highest BCUT2D eigenvalue weighted by molar-refractivity contribution is 5.58. The Labute approximate surface area is 50.1 Å². The molecule has 0 aromatic carbocycles. The van der Waals surface area contributed by atoms with Crippen LogP contribution in [0.3, 0.4) is 0 Å². The fourth-order valence-electron chi connectivity index (χ4n) is 0.359. The van der Waals surface area contributed by atoms with Gasteiger partial charge in [0.15, 0.2) is 0 Å². The maximum absolute atomic E-state index is 6.64. The summed E-state index contributed by atoms with van der Waals surface area (Å²) in [4.78, 5) is 4.00. The Kier molecular flexibility index (Phi) is 5.82. The molecule has 0 spiro atoms. The molecule has 0 heterocycles. The van der Waals surface area contributed by atoms with E-state index in [0.29, 0.717) is 0 Å². The summed E-state index contributed by atoms with van der Waals surface area (Å²) in [6, 6.07) is 0. The van der Waals surface area contributed by atoms with Crippen LogP contribution in [0.1, 0.15) is 19.8 Å². The minimum absolute atomic E-state index is 0.774. The molecular formula is C6H12N2. The lowest BCUT2D eigenvalue weighted by Crippen LogP contribution is -1.80. The lowest BCUT2D eigenvalue weighted by Gasteiger charge is -1.81. The molecule has 0 bridgehead atoms. The molecule has 2 nitrogen and oxygen atoms in total. The van der Waals surface area contributed by atoms with E-state index in [9.17, 15) is 0 Å². The number of hydrogen-bond acceptors (Lipinski definition) is 2.